The van der Waals surface area contributed by atoms with E-state index in [4.69, 9.17) is 11.5 Å². The van der Waals surface area contributed by atoms with Crippen LogP contribution in [0.5, 0.6) is 0 Å². The number of carboxylic acid groups (broad SMARTS) is 1. The molecule has 11 nitrogen and oxygen atoms in total. The summed E-state index contributed by atoms with van der Waals surface area (Å²) in [6.45, 7) is 0.835. The van der Waals surface area contributed by atoms with Gasteiger partial charge in [-0.2, -0.15) is 0 Å². The topological polar surface area (TPSA) is 194 Å². The summed E-state index contributed by atoms with van der Waals surface area (Å²) in [5.74, 6) is -4.33. The second kappa shape index (κ2) is 11.4. The van der Waals surface area contributed by atoms with Crippen molar-refractivity contribution in [3.8, 4) is 0 Å². The summed E-state index contributed by atoms with van der Waals surface area (Å²) in [6.07, 6.45) is -0.428. The number of carbonyl (C=O) groups excluding carboxylic acids is 4. The van der Waals surface area contributed by atoms with Crippen LogP contribution in [0.4, 0.5) is 0 Å². The molecule has 4 amide bonds. The number of amides is 4. The van der Waals surface area contributed by atoms with Crippen molar-refractivity contribution in [3.63, 3.8) is 0 Å². The second-order valence-corrected chi connectivity index (χ2v) is 6.39. The van der Waals surface area contributed by atoms with Gasteiger partial charge in [0.05, 0.1) is 19.0 Å². The van der Waals surface area contributed by atoms with E-state index in [0.29, 0.717) is 5.56 Å². The molecule has 0 fully saturated rings. The van der Waals surface area contributed by atoms with Crippen LogP contribution in [0.3, 0.4) is 0 Å². The van der Waals surface area contributed by atoms with Crippen molar-refractivity contribution in [1.82, 2.24) is 16.0 Å². The summed E-state index contributed by atoms with van der Waals surface area (Å²) in [5, 5.41) is 16.1. The molecule has 0 saturated heterocycles. The number of nitrogens with one attached hydrogen (secondary N) is 3. The first-order chi connectivity index (χ1) is 13.6. The molecular weight excluding hydrogens is 382 g/mol. The van der Waals surface area contributed by atoms with E-state index in [2.05, 4.69) is 16.0 Å². The summed E-state index contributed by atoms with van der Waals surface area (Å²) in [7, 11) is 0. The van der Waals surface area contributed by atoms with Crippen molar-refractivity contribution in [3.05, 3.63) is 35.9 Å². The minimum Gasteiger partial charge on any atom is -0.480 e. The molecular formula is C18H25N5O6. The molecule has 1 aromatic carbocycles. The molecule has 3 unspecified atom stereocenters. The first-order valence-electron chi connectivity index (χ1n) is 8.78. The van der Waals surface area contributed by atoms with Crippen LogP contribution in [-0.4, -0.2) is 59.4 Å². The highest BCUT2D eigenvalue weighted by atomic mass is 16.4. The van der Waals surface area contributed by atoms with E-state index in [1.807, 2.05) is 0 Å². The molecule has 11 heteroatoms. The molecule has 0 aromatic heterocycles. The third-order valence-corrected chi connectivity index (χ3v) is 3.79. The van der Waals surface area contributed by atoms with Crippen molar-refractivity contribution >= 4 is 29.6 Å². The van der Waals surface area contributed by atoms with Crippen LogP contribution < -0.4 is 27.4 Å². The third kappa shape index (κ3) is 8.84. The number of hydrogen-bond donors (Lipinski definition) is 6. The number of carboxylic acids is 1. The van der Waals surface area contributed by atoms with Gasteiger partial charge in [-0.25, -0.2) is 4.79 Å². The monoisotopic (exact) mass is 407 g/mol. The smallest absolute Gasteiger partial charge is 0.326 e. The Labute approximate surface area is 167 Å². The summed E-state index contributed by atoms with van der Waals surface area (Å²) in [5.41, 5.74) is 11.2. The number of primary amides is 1. The Balaban J connectivity index is 2.64. The minimum absolute atomic E-state index is 0.0601. The molecule has 1 aromatic rings. The number of aliphatic carboxylic acids is 1. The van der Waals surface area contributed by atoms with Crippen molar-refractivity contribution in [1.29, 1.82) is 0 Å². The Morgan fingerprint density at radius 1 is 1.00 bits per heavy atom. The fraction of sp³-hybridized carbons (Fsp3) is 0.389. The van der Waals surface area contributed by atoms with Crippen LogP contribution in [0.25, 0.3) is 0 Å². The van der Waals surface area contributed by atoms with Crippen molar-refractivity contribution < 1.29 is 29.1 Å². The van der Waals surface area contributed by atoms with Crippen molar-refractivity contribution in [2.45, 2.75) is 37.9 Å². The van der Waals surface area contributed by atoms with E-state index in [9.17, 15) is 29.1 Å². The SMILES string of the molecule is CC(N)C(=O)NC(CC(N)=O)C(=O)NCC(=O)NC(Cc1ccccc1)C(=O)O. The molecule has 0 bridgehead atoms. The van der Waals surface area contributed by atoms with E-state index in [1.165, 1.54) is 6.92 Å². The molecule has 29 heavy (non-hydrogen) atoms. The molecule has 1 rings (SSSR count). The van der Waals surface area contributed by atoms with Crippen LogP contribution in [0, 0.1) is 0 Å². The largest absolute Gasteiger partial charge is 0.480 e. The van der Waals surface area contributed by atoms with Gasteiger partial charge in [-0.15, -0.1) is 0 Å². The van der Waals surface area contributed by atoms with Gasteiger partial charge in [0.25, 0.3) is 0 Å². The van der Waals surface area contributed by atoms with Crippen LogP contribution in [0.2, 0.25) is 0 Å². The lowest BCUT2D eigenvalue weighted by atomic mass is 10.1. The summed E-state index contributed by atoms with van der Waals surface area (Å²) in [6, 6.07) is 5.28. The van der Waals surface area contributed by atoms with Gasteiger partial charge in [-0.3, -0.25) is 19.2 Å². The second-order valence-electron chi connectivity index (χ2n) is 6.39. The Morgan fingerprint density at radius 2 is 1.62 bits per heavy atom. The van der Waals surface area contributed by atoms with Crippen LogP contribution in [0.15, 0.2) is 30.3 Å². The maximum Gasteiger partial charge on any atom is 0.326 e. The van der Waals surface area contributed by atoms with E-state index < -0.39 is 60.7 Å². The number of hydrogen-bond acceptors (Lipinski definition) is 6. The quantitative estimate of drug-likeness (QED) is 0.236. The molecule has 0 aliphatic heterocycles. The normalized spacial score (nSPS) is 13.4. The lowest BCUT2D eigenvalue weighted by Crippen LogP contribution is -2.54. The van der Waals surface area contributed by atoms with Crippen molar-refractivity contribution in [2.75, 3.05) is 6.54 Å². The zero-order chi connectivity index (χ0) is 22.0. The Kier molecular flexibility index (Phi) is 9.26. The molecule has 0 spiro atoms. The molecule has 3 atom stereocenters. The van der Waals surface area contributed by atoms with Gasteiger partial charge in [0.15, 0.2) is 0 Å². The van der Waals surface area contributed by atoms with Gasteiger partial charge in [0.1, 0.15) is 12.1 Å². The zero-order valence-electron chi connectivity index (χ0n) is 15.9. The van der Waals surface area contributed by atoms with Crippen LogP contribution in [0.1, 0.15) is 18.9 Å². The number of carbonyl (C=O) groups is 5. The van der Waals surface area contributed by atoms with Gasteiger partial charge in [0, 0.05) is 6.42 Å². The molecule has 8 N–H and O–H groups in total. The molecule has 0 heterocycles. The van der Waals surface area contributed by atoms with Gasteiger partial charge in [0.2, 0.25) is 23.6 Å². The van der Waals surface area contributed by atoms with Crippen molar-refractivity contribution in [2.24, 2.45) is 11.5 Å². The van der Waals surface area contributed by atoms with Gasteiger partial charge in [-0.1, -0.05) is 30.3 Å². The fourth-order valence-electron chi connectivity index (χ4n) is 2.30. The van der Waals surface area contributed by atoms with Crippen LogP contribution >= 0.6 is 0 Å². The highest BCUT2D eigenvalue weighted by Gasteiger charge is 2.25. The van der Waals surface area contributed by atoms with E-state index in [-0.39, 0.29) is 6.42 Å². The fourth-order valence-corrected chi connectivity index (χ4v) is 2.30. The van der Waals surface area contributed by atoms with E-state index in [1.54, 1.807) is 30.3 Å². The Morgan fingerprint density at radius 3 is 2.14 bits per heavy atom. The first-order valence-corrected chi connectivity index (χ1v) is 8.78. The molecule has 0 aliphatic carbocycles. The number of rotatable bonds is 11. The Hall–Kier alpha value is -3.47. The standard InChI is InChI=1S/C18H25N5O6/c1-10(19)16(26)23-12(8-14(20)24)17(27)21-9-15(25)22-13(18(28)29)7-11-5-3-2-4-6-11/h2-6,10,12-13H,7-9,19H2,1H3,(H2,20,24)(H,21,27)(H,22,25)(H,23,26)(H,28,29). The lowest BCUT2D eigenvalue weighted by Gasteiger charge is -2.19. The highest BCUT2D eigenvalue weighted by Crippen LogP contribution is 2.03. The minimum atomic E-state index is -1.31. The lowest BCUT2D eigenvalue weighted by molar-refractivity contribution is -0.141. The van der Waals surface area contributed by atoms with E-state index >= 15 is 0 Å². The van der Waals surface area contributed by atoms with Gasteiger partial charge >= 0.3 is 5.97 Å². The number of nitrogens with two attached hydrogens (primary N) is 2. The molecule has 0 radical (unpaired) electrons. The predicted octanol–water partition coefficient (Wildman–Crippen LogP) is -2.38. The predicted molar refractivity (Wildman–Crippen MR) is 102 cm³/mol. The third-order valence-electron chi connectivity index (χ3n) is 3.79. The average molecular weight is 407 g/mol. The molecule has 158 valence electrons. The zero-order valence-corrected chi connectivity index (χ0v) is 15.9. The summed E-state index contributed by atoms with van der Waals surface area (Å²) in [4.78, 5) is 58.4. The number of benzene rings is 1. The summed E-state index contributed by atoms with van der Waals surface area (Å²) >= 11 is 0. The van der Waals surface area contributed by atoms with Crippen LogP contribution in [-0.2, 0) is 30.4 Å². The maximum atomic E-state index is 12.2. The maximum absolute atomic E-state index is 12.2. The van der Waals surface area contributed by atoms with Gasteiger partial charge in [-0.05, 0) is 12.5 Å². The highest BCUT2D eigenvalue weighted by molar-refractivity contribution is 5.94. The van der Waals surface area contributed by atoms with Gasteiger partial charge < -0.3 is 32.5 Å². The average Bonchev–Trinajstić information content (AvgIpc) is 2.65. The molecule has 0 saturated carbocycles. The molecule has 0 aliphatic rings. The first kappa shape index (κ1) is 23.6. The summed E-state index contributed by atoms with van der Waals surface area (Å²) < 4.78 is 0. The van der Waals surface area contributed by atoms with E-state index in [0.717, 1.165) is 0 Å². The Bertz CT molecular complexity index is 752.